The van der Waals surface area contributed by atoms with E-state index in [1.807, 2.05) is 13.8 Å². The number of halogens is 1. The highest BCUT2D eigenvalue weighted by molar-refractivity contribution is 6.31. The first kappa shape index (κ1) is 12.5. The minimum absolute atomic E-state index is 0.103. The second-order valence-corrected chi connectivity index (χ2v) is 4.34. The van der Waals surface area contributed by atoms with Crippen molar-refractivity contribution in [2.45, 2.75) is 20.8 Å². The number of aryl methyl sites for hydroxylation is 2. The number of nitrogen functional groups attached to an aromatic ring is 1. The van der Waals surface area contributed by atoms with Gasteiger partial charge in [-0.05, 0) is 20.8 Å². The van der Waals surface area contributed by atoms with E-state index in [1.165, 1.54) is 6.20 Å². The summed E-state index contributed by atoms with van der Waals surface area (Å²) in [6.45, 7) is 5.41. The lowest BCUT2D eigenvalue weighted by atomic mass is 10.2. The van der Waals surface area contributed by atoms with E-state index in [0.29, 0.717) is 27.9 Å². The molecule has 0 aliphatic carbocycles. The van der Waals surface area contributed by atoms with E-state index in [1.54, 1.807) is 11.6 Å². The van der Waals surface area contributed by atoms with Gasteiger partial charge in [0.05, 0.1) is 22.0 Å². The molecule has 6 nitrogen and oxygen atoms in total. The first-order chi connectivity index (χ1) is 8.41. The molecule has 0 atom stereocenters. The second-order valence-electron chi connectivity index (χ2n) is 3.96. The van der Waals surface area contributed by atoms with Crippen LogP contribution in [-0.2, 0) is 0 Å². The Morgan fingerprint density at radius 1 is 1.39 bits per heavy atom. The third-order valence-corrected chi connectivity index (χ3v) is 3.13. The summed E-state index contributed by atoms with van der Waals surface area (Å²) >= 11 is 6.11. The molecule has 0 saturated carbocycles. The zero-order valence-electron chi connectivity index (χ0n) is 10.3. The van der Waals surface area contributed by atoms with Crippen molar-refractivity contribution in [1.82, 2.24) is 19.7 Å². The van der Waals surface area contributed by atoms with Crippen LogP contribution in [0.4, 0.5) is 0 Å². The molecule has 3 N–H and O–H groups in total. The Hall–Kier alpha value is -1.95. The Morgan fingerprint density at radius 3 is 2.56 bits per heavy atom. The standard InChI is InChI=1S/C11H13ClN6/c1-5-9(12)6(2)18(17-5)11-8(10(13)14)4-15-7(3)16-11/h4H,1-3H3,(H3,13,14). The molecule has 18 heavy (non-hydrogen) atoms. The van der Waals surface area contributed by atoms with Crippen LogP contribution in [0.25, 0.3) is 5.82 Å². The Kier molecular flexibility index (Phi) is 3.04. The first-order valence-corrected chi connectivity index (χ1v) is 5.69. The van der Waals surface area contributed by atoms with Crippen LogP contribution in [0.1, 0.15) is 22.8 Å². The zero-order valence-corrected chi connectivity index (χ0v) is 11.1. The van der Waals surface area contributed by atoms with Gasteiger partial charge in [0.1, 0.15) is 11.7 Å². The molecular formula is C11H13ClN6. The van der Waals surface area contributed by atoms with Gasteiger partial charge < -0.3 is 5.73 Å². The van der Waals surface area contributed by atoms with Crippen LogP contribution < -0.4 is 5.73 Å². The largest absolute Gasteiger partial charge is 0.384 e. The number of hydrogen-bond donors (Lipinski definition) is 2. The molecule has 0 bridgehead atoms. The van der Waals surface area contributed by atoms with Crippen LogP contribution in [0.3, 0.4) is 0 Å². The number of aromatic nitrogens is 4. The molecule has 7 heteroatoms. The molecule has 0 aromatic carbocycles. The summed E-state index contributed by atoms with van der Waals surface area (Å²) < 4.78 is 1.59. The van der Waals surface area contributed by atoms with Crippen molar-refractivity contribution in [3.63, 3.8) is 0 Å². The molecule has 94 valence electrons. The highest BCUT2D eigenvalue weighted by Gasteiger charge is 2.16. The average molecular weight is 265 g/mol. The Bertz CT molecular complexity index is 631. The molecule has 0 aliphatic heterocycles. The molecule has 2 rings (SSSR count). The molecule has 0 saturated heterocycles. The molecule has 0 radical (unpaired) electrons. The zero-order chi connectivity index (χ0) is 13.4. The number of nitrogens with two attached hydrogens (primary N) is 1. The smallest absolute Gasteiger partial charge is 0.168 e. The molecule has 0 fully saturated rings. The lowest BCUT2D eigenvalue weighted by Crippen LogP contribution is -2.18. The maximum atomic E-state index is 7.55. The quantitative estimate of drug-likeness (QED) is 0.635. The Morgan fingerprint density at radius 2 is 2.06 bits per heavy atom. The molecular weight excluding hydrogens is 252 g/mol. The normalized spacial score (nSPS) is 10.7. The minimum Gasteiger partial charge on any atom is -0.384 e. The fourth-order valence-corrected chi connectivity index (χ4v) is 1.76. The van der Waals surface area contributed by atoms with Crippen molar-refractivity contribution in [2.24, 2.45) is 5.73 Å². The lowest BCUT2D eigenvalue weighted by molar-refractivity contribution is 0.790. The predicted molar refractivity (Wildman–Crippen MR) is 69.4 cm³/mol. The first-order valence-electron chi connectivity index (χ1n) is 5.32. The third kappa shape index (κ3) is 1.95. The molecule has 0 amide bonds. The van der Waals surface area contributed by atoms with Crippen molar-refractivity contribution >= 4 is 17.4 Å². The fourth-order valence-electron chi connectivity index (χ4n) is 1.64. The number of hydrogen-bond acceptors (Lipinski definition) is 4. The summed E-state index contributed by atoms with van der Waals surface area (Å²) in [6, 6.07) is 0. The summed E-state index contributed by atoms with van der Waals surface area (Å²) in [5.74, 6) is 0.954. The van der Waals surface area contributed by atoms with Gasteiger partial charge >= 0.3 is 0 Å². The summed E-state index contributed by atoms with van der Waals surface area (Å²) in [5, 5.41) is 12.4. The van der Waals surface area contributed by atoms with Crippen LogP contribution in [0.15, 0.2) is 6.20 Å². The van der Waals surface area contributed by atoms with Crippen LogP contribution in [0.5, 0.6) is 0 Å². The summed E-state index contributed by atoms with van der Waals surface area (Å²) in [7, 11) is 0. The maximum Gasteiger partial charge on any atom is 0.168 e. The molecule has 0 spiro atoms. The van der Waals surface area contributed by atoms with E-state index in [-0.39, 0.29) is 5.84 Å². The fraction of sp³-hybridized carbons (Fsp3) is 0.273. The van der Waals surface area contributed by atoms with Crippen molar-refractivity contribution in [2.75, 3.05) is 0 Å². The van der Waals surface area contributed by atoms with Gasteiger partial charge in [-0.3, -0.25) is 5.41 Å². The van der Waals surface area contributed by atoms with Gasteiger partial charge in [-0.25, -0.2) is 14.6 Å². The van der Waals surface area contributed by atoms with E-state index >= 15 is 0 Å². The number of nitrogens with zero attached hydrogens (tertiary/aromatic N) is 4. The van der Waals surface area contributed by atoms with Crippen molar-refractivity contribution in [3.05, 3.63) is 34.0 Å². The van der Waals surface area contributed by atoms with Crippen LogP contribution in [-0.4, -0.2) is 25.6 Å². The molecule has 2 heterocycles. The van der Waals surface area contributed by atoms with E-state index in [2.05, 4.69) is 15.1 Å². The number of amidine groups is 1. The van der Waals surface area contributed by atoms with E-state index in [0.717, 1.165) is 5.69 Å². The highest BCUT2D eigenvalue weighted by Crippen LogP contribution is 2.22. The van der Waals surface area contributed by atoms with Crippen molar-refractivity contribution < 1.29 is 0 Å². The number of nitrogens with one attached hydrogen (secondary N) is 1. The van der Waals surface area contributed by atoms with Crippen molar-refractivity contribution in [1.29, 1.82) is 5.41 Å². The van der Waals surface area contributed by atoms with Gasteiger partial charge in [0, 0.05) is 6.20 Å². The summed E-state index contributed by atoms with van der Waals surface area (Å²) in [5.41, 5.74) is 7.43. The Balaban J connectivity index is 2.73. The van der Waals surface area contributed by atoms with Crippen LogP contribution in [0.2, 0.25) is 5.02 Å². The van der Waals surface area contributed by atoms with Gasteiger partial charge in [0.25, 0.3) is 0 Å². The average Bonchev–Trinajstić information content (AvgIpc) is 2.56. The van der Waals surface area contributed by atoms with Gasteiger partial charge in [-0.2, -0.15) is 5.10 Å². The SMILES string of the molecule is Cc1ncc(C(=N)N)c(-n2nc(C)c(Cl)c2C)n1. The van der Waals surface area contributed by atoms with E-state index in [9.17, 15) is 0 Å². The highest BCUT2D eigenvalue weighted by atomic mass is 35.5. The van der Waals surface area contributed by atoms with E-state index < -0.39 is 0 Å². The second kappa shape index (κ2) is 4.38. The lowest BCUT2D eigenvalue weighted by Gasteiger charge is -2.09. The summed E-state index contributed by atoms with van der Waals surface area (Å²) in [4.78, 5) is 8.33. The van der Waals surface area contributed by atoms with Crippen molar-refractivity contribution in [3.8, 4) is 5.82 Å². The summed E-state index contributed by atoms with van der Waals surface area (Å²) in [6.07, 6.45) is 1.52. The topological polar surface area (TPSA) is 93.5 Å². The van der Waals surface area contributed by atoms with Gasteiger partial charge in [0.2, 0.25) is 0 Å². The maximum absolute atomic E-state index is 7.55. The number of rotatable bonds is 2. The molecule has 2 aromatic rings. The van der Waals surface area contributed by atoms with E-state index in [4.69, 9.17) is 22.7 Å². The van der Waals surface area contributed by atoms with Gasteiger partial charge in [-0.15, -0.1) is 0 Å². The van der Waals surface area contributed by atoms with Crippen LogP contribution in [0, 0.1) is 26.2 Å². The Labute approximate surface area is 109 Å². The van der Waals surface area contributed by atoms with Gasteiger partial charge in [-0.1, -0.05) is 11.6 Å². The molecule has 0 aliphatic rings. The predicted octanol–water partition coefficient (Wildman–Crippen LogP) is 1.53. The van der Waals surface area contributed by atoms with Gasteiger partial charge in [0.15, 0.2) is 5.82 Å². The third-order valence-electron chi connectivity index (χ3n) is 2.58. The minimum atomic E-state index is -0.103. The molecule has 0 unspecified atom stereocenters. The molecule has 2 aromatic heterocycles. The van der Waals surface area contributed by atoms with Crippen LogP contribution >= 0.6 is 11.6 Å². The monoisotopic (exact) mass is 264 g/mol.